The summed E-state index contributed by atoms with van der Waals surface area (Å²) in [7, 11) is 0. The molecule has 1 N–H and O–H groups in total. The third-order valence-electron chi connectivity index (χ3n) is 4.46. The van der Waals surface area contributed by atoms with E-state index in [1.807, 2.05) is 18.2 Å². The summed E-state index contributed by atoms with van der Waals surface area (Å²) in [5.41, 5.74) is 1.18. The van der Waals surface area contributed by atoms with E-state index in [1.165, 1.54) is 5.56 Å². The van der Waals surface area contributed by atoms with Crippen LogP contribution in [-0.4, -0.2) is 35.9 Å². The number of hydrogen-bond donors (Lipinski definition) is 1. The average molecular weight is 277 g/mol. The standard InChI is InChI=1S/C15H19NO4/c1-9(15(17)18)12-6-16(7-12)10(2)11-3-4-13-14(5-11)20-8-19-13/h3-5,9-10,12H,6-8H2,1-2H3,(H,17,18). The zero-order valence-corrected chi connectivity index (χ0v) is 11.7. The van der Waals surface area contributed by atoms with Crippen molar-refractivity contribution in [1.29, 1.82) is 0 Å². The quantitative estimate of drug-likeness (QED) is 0.913. The highest BCUT2D eigenvalue weighted by Gasteiger charge is 2.37. The van der Waals surface area contributed by atoms with Crippen molar-refractivity contribution in [3.8, 4) is 11.5 Å². The minimum absolute atomic E-state index is 0.254. The lowest BCUT2D eigenvalue weighted by Crippen LogP contribution is -2.51. The van der Waals surface area contributed by atoms with Crippen molar-refractivity contribution in [2.45, 2.75) is 19.9 Å². The number of hydrogen-bond acceptors (Lipinski definition) is 4. The van der Waals surface area contributed by atoms with Crippen molar-refractivity contribution in [2.24, 2.45) is 11.8 Å². The van der Waals surface area contributed by atoms with Gasteiger partial charge in [0.25, 0.3) is 0 Å². The van der Waals surface area contributed by atoms with Gasteiger partial charge in [-0.05, 0) is 30.5 Å². The molecule has 0 spiro atoms. The Morgan fingerprint density at radius 3 is 2.70 bits per heavy atom. The van der Waals surface area contributed by atoms with Gasteiger partial charge < -0.3 is 14.6 Å². The molecule has 1 aromatic rings. The highest BCUT2D eigenvalue weighted by molar-refractivity contribution is 5.70. The van der Waals surface area contributed by atoms with Gasteiger partial charge in [-0.1, -0.05) is 13.0 Å². The van der Waals surface area contributed by atoms with Gasteiger partial charge in [0.1, 0.15) is 0 Å². The summed E-state index contributed by atoms with van der Waals surface area (Å²) in [6, 6.07) is 6.26. The van der Waals surface area contributed by atoms with Crippen LogP contribution in [0, 0.1) is 11.8 Å². The van der Waals surface area contributed by atoms with Crippen molar-refractivity contribution in [2.75, 3.05) is 19.9 Å². The number of fused-ring (bicyclic) bond motifs is 1. The number of carbonyl (C=O) groups is 1. The molecule has 1 fully saturated rings. The average Bonchev–Trinajstić information content (AvgIpc) is 2.83. The normalized spacial score (nSPS) is 21.3. The lowest BCUT2D eigenvalue weighted by atomic mass is 9.85. The SMILES string of the molecule is CC(C(=O)O)C1CN(C(C)c2ccc3c(c2)OCO3)C1. The van der Waals surface area contributed by atoms with Gasteiger partial charge in [-0.15, -0.1) is 0 Å². The summed E-state index contributed by atoms with van der Waals surface area (Å²) in [4.78, 5) is 13.3. The molecule has 0 saturated carbocycles. The zero-order chi connectivity index (χ0) is 14.3. The van der Waals surface area contributed by atoms with E-state index in [4.69, 9.17) is 14.6 Å². The van der Waals surface area contributed by atoms with Crippen LogP contribution < -0.4 is 9.47 Å². The molecule has 5 heteroatoms. The van der Waals surface area contributed by atoms with E-state index >= 15 is 0 Å². The molecule has 20 heavy (non-hydrogen) atoms. The van der Waals surface area contributed by atoms with Gasteiger partial charge in [-0.3, -0.25) is 9.69 Å². The number of carboxylic acid groups (broad SMARTS) is 1. The smallest absolute Gasteiger partial charge is 0.306 e. The summed E-state index contributed by atoms with van der Waals surface area (Å²) in [5, 5.41) is 9.02. The molecule has 2 aliphatic rings. The summed E-state index contributed by atoms with van der Waals surface area (Å²) < 4.78 is 10.7. The molecule has 2 unspecified atom stereocenters. The lowest BCUT2D eigenvalue weighted by molar-refractivity contribution is -0.146. The zero-order valence-electron chi connectivity index (χ0n) is 11.7. The maximum Gasteiger partial charge on any atom is 0.306 e. The van der Waals surface area contributed by atoms with E-state index in [1.54, 1.807) is 6.92 Å². The predicted octanol–water partition coefficient (Wildman–Crippen LogP) is 2.13. The molecule has 0 bridgehead atoms. The molecular weight excluding hydrogens is 258 g/mol. The molecule has 0 radical (unpaired) electrons. The number of rotatable bonds is 4. The van der Waals surface area contributed by atoms with Gasteiger partial charge in [-0.25, -0.2) is 0 Å². The number of carboxylic acids is 1. The van der Waals surface area contributed by atoms with Crippen molar-refractivity contribution >= 4 is 5.97 Å². The Morgan fingerprint density at radius 2 is 2.00 bits per heavy atom. The second-order valence-corrected chi connectivity index (χ2v) is 5.63. The predicted molar refractivity (Wildman–Crippen MR) is 72.8 cm³/mol. The number of likely N-dealkylation sites (tertiary alicyclic amines) is 1. The van der Waals surface area contributed by atoms with Crippen LogP contribution >= 0.6 is 0 Å². The third-order valence-corrected chi connectivity index (χ3v) is 4.46. The van der Waals surface area contributed by atoms with E-state index < -0.39 is 5.97 Å². The molecular formula is C15H19NO4. The largest absolute Gasteiger partial charge is 0.481 e. The second kappa shape index (κ2) is 4.98. The third kappa shape index (κ3) is 2.22. The molecule has 0 aromatic heterocycles. The molecule has 1 saturated heterocycles. The van der Waals surface area contributed by atoms with Crippen LogP contribution in [0.2, 0.25) is 0 Å². The Bertz CT molecular complexity index is 525. The summed E-state index contributed by atoms with van der Waals surface area (Å²) in [6.45, 7) is 5.88. The second-order valence-electron chi connectivity index (χ2n) is 5.63. The first-order valence-corrected chi connectivity index (χ1v) is 6.92. The summed E-state index contributed by atoms with van der Waals surface area (Å²) in [6.07, 6.45) is 0. The van der Waals surface area contributed by atoms with E-state index in [0.29, 0.717) is 0 Å². The Kier molecular flexibility index (Phi) is 3.30. The van der Waals surface area contributed by atoms with Crippen molar-refractivity contribution in [3.05, 3.63) is 23.8 Å². The Hall–Kier alpha value is -1.75. The molecule has 2 atom stereocenters. The number of nitrogens with zero attached hydrogens (tertiary/aromatic N) is 1. The first kappa shape index (κ1) is 13.2. The highest BCUT2D eigenvalue weighted by atomic mass is 16.7. The van der Waals surface area contributed by atoms with E-state index in [0.717, 1.165) is 24.6 Å². The minimum atomic E-state index is -0.703. The molecule has 5 nitrogen and oxygen atoms in total. The van der Waals surface area contributed by atoms with E-state index in [2.05, 4.69) is 11.8 Å². The van der Waals surface area contributed by atoms with Crippen molar-refractivity contribution in [1.82, 2.24) is 4.90 Å². The number of ether oxygens (including phenoxy) is 2. The molecule has 2 aliphatic heterocycles. The van der Waals surface area contributed by atoms with Gasteiger partial charge in [0.15, 0.2) is 11.5 Å². The van der Waals surface area contributed by atoms with Crippen LogP contribution in [0.1, 0.15) is 25.5 Å². The fourth-order valence-electron chi connectivity index (χ4n) is 2.77. The van der Waals surface area contributed by atoms with Crippen LogP contribution in [0.3, 0.4) is 0 Å². The molecule has 3 rings (SSSR count). The van der Waals surface area contributed by atoms with Gasteiger partial charge in [0.05, 0.1) is 5.92 Å². The molecule has 0 amide bonds. The van der Waals surface area contributed by atoms with Crippen LogP contribution in [0.25, 0.3) is 0 Å². The molecule has 2 heterocycles. The Labute approximate surface area is 118 Å². The Balaban J connectivity index is 1.63. The molecule has 108 valence electrons. The van der Waals surface area contributed by atoms with E-state index in [-0.39, 0.29) is 24.7 Å². The first-order chi connectivity index (χ1) is 9.56. The Morgan fingerprint density at radius 1 is 1.30 bits per heavy atom. The summed E-state index contributed by atoms with van der Waals surface area (Å²) in [5.74, 6) is 0.872. The monoisotopic (exact) mass is 277 g/mol. The van der Waals surface area contributed by atoms with E-state index in [9.17, 15) is 4.79 Å². The van der Waals surface area contributed by atoms with Crippen LogP contribution in [0.15, 0.2) is 18.2 Å². The molecule has 1 aromatic carbocycles. The summed E-state index contributed by atoms with van der Waals surface area (Å²) >= 11 is 0. The fraction of sp³-hybridized carbons (Fsp3) is 0.533. The minimum Gasteiger partial charge on any atom is -0.481 e. The first-order valence-electron chi connectivity index (χ1n) is 6.92. The maximum atomic E-state index is 11.0. The molecule has 0 aliphatic carbocycles. The van der Waals surface area contributed by atoms with Crippen LogP contribution in [0.5, 0.6) is 11.5 Å². The highest BCUT2D eigenvalue weighted by Crippen LogP contribution is 2.37. The van der Waals surface area contributed by atoms with Crippen LogP contribution in [0.4, 0.5) is 0 Å². The van der Waals surface area contributed by atoms with Gasteiger partial charge in [-0.2, -0.15) is 0 Å². The maximum absolute atomic E-state index is 11.0. The van der Waals surface area contributed by atoms with Crippen molar-refractivity contribution < 1.29 is 19.4 Å². The number of benzene rings is 1. The fourth-order valence-corrected chi connectivity index (χ4v) is 2.77. The topological polar surface area (TPSA) is 59.0 Å². The number of aliphatic carboxylic acids is 1. The lowest BCUT2D eigenvalue weighted by Gasteiger charge is -2.45. The van der Waals surface area contributed by atoms with Gasteiger partial charge in [0.2, 0.25) is 6.79 Å². The van der Waals surface area contributed by atoms with Gasteiger partial charge in [0, 0.05) is 19.1 Å². The van der Waals surface area contributed by atoms with Crippen molar-refractivity contribution in [3.63, 3.8) is 0 Å². The van der Waals surface area contributed by atoms with Crippen LogP contribution in [-0.2, 0) is 4.79 Å². The van der Waals surface area contributed by atoms with Gasteiger partial charge >= 0.3 is 5.97 Å².